The van der Waals surface area contributed by atoms with Crippen molar-refractivity contribution in [2.75, 3.05) is 12.5 Å². The Bertz CT molecular complexity index is 1050. The molecule has 0 unspecified atom stereocenters. The molecule has 0 aliphatic heterocycles. The molecule has 0 saturated heterocycles. The average molecular weight is 384 g/mol. The van der Waals surface area contributed by atoms with E-state index in [2.05, 4.69) is 15.5 Å². The fourth-order valence-electron chi connectivity index (χ4n) is 2.51. The van der Waals surface area contributed by atoms with Gasteiger partial charge in [0, 0.05) is 5.02 Å². The molecule has 130 valence electrons. The SMILES string of the molecule is COc1ccc(Cl)cc1-c1ccc(/C=N\Nc2nc3ccccc3s2)o1. The van der Waals surface area contributed by atoms with Crippen LogP contribution in [0.3, 0.4) is 0 Å². The topological polar surface area (TPSA) is 59.6 Å². The molecule has 0 saturated carbocycles. The van der Waals surface area contributed by atoms with Crippen molar-refractivity contribution >= 4 is 44.5 Å². The number of benzene rings is 2. The number of thiazole rings is 1. The van der Waals surface area contributed by atoms with Gasteiger partial charge < -0.3 is 9.15 Å². The summed E-state index contributed by atoms with van der Waals surface area (Å²) in [5, 5.41) is 5.54. The van der Waals surface area contributed by atoms with Crippen molar-refractivity contribution in [1.29, 1.82) is 0 Å². The van der Waals surface area contributed by atoms with E-state index in [1.807, 2.05) is 42.5 Å². The second-order valence-corrected chi connectivity index (χ2v) is 6.87. The standard InChI is InChI=1S/C19H14ClN3O2S/c1-24-16-8-6-12(20)10-14(16)17-9-7-13(25-17)11-21-23-19-22-15-4-2-3-5-18(15)26-19/h2-11H,1H3,(H,22,23)/b21-11-. The number of anilines is 1. The van der Waals surface area contributed by atoms with Crippen LogP contribution in [0.1, 0.15) is 5.76 Å². The van der Waals surface area contributed by atoms with Gasteiger partial charge in [0.1, 0.15) is 17.3 Å². The number of methoxy groups -OCH3 is 1. The second-order valence-electron chi connectivity index (χ2n) is 5.40. The summed E-state index contributed by atoms with van der Waals surface area (Å²) in [4.78, 5) is 4.46. The van der Waals surface area contributed by atoms with E-state index in [9.17, 15) is 0 Å². The lowest BCUT2D eigenvalue weighted by Crippen LogP contribution is -1.88. The fourth-order valence-corrected chi connectivity index (χ4v) is 3.50. The zero-order valence-electron chi connectivity index (χ0n) is 13.8. The van der Waals surface area contributed by atoms with Crippen LogP contribution in [0.15, 0.2) is 64.1 Å². The van der Waals surface area contributed by atoms with Crippen LogP contribution in [-0.4, -0.2) is 18.3 Å². The van der Waals surface area contributed by atoms with E-state index < -0.39 is 0 Å². The van der Waals surface area contributed by atoms with E-state index >= 15 is 0 Å². The minimum absolute atomic E-state index is 0.607. The third-order valence-corrected chi connectivity index (χ3v) is 4.88. The molecule has 0 amide bonds. The van der Waals surface area contributed by atoms with Gasteiger partial charge in [-0.3, -0.25) is 5.43 Å². The molecule has 1 N–H and O–H groups in total. The van der Waals surface area contributed by atoms with Crippen molar-refractivity contribution in [3.63, 3.8) is 0 Å². The van der Waals surface area contributed by atoms with Crippen molar-refractivity contribution in [1.82, 2.24) is 4.98 Å². The van der Waals surface area contributed by atoms with Crippen LogP contribution in [0.2, 0.25) is 5.02 Å². The number of hydrogen-bond acceptors (Lipinski definition) is 6. The number of nitrogens with one attached hydrogen (secondary N) is 1. The maximum absolute atomic E-state index is 6.08. The van der Waals surface area contributed by atoms with Gasteiger partial charge in [-0.1, -0.05) is 35.1 Å². The predicted octanol–water partition coefficient (Wildman–Crippen LogP) is 5.66. The Hall–Kier alpha value is -2.83. The molecular formula is C19H14ClN3O2S. The van der Waals surface area contributed by atoms with Crippen molar-refractivity contribution in [2.45, 2.75) is 0 Å². The minimum Gasteiger partial charge on any atom is -0.496 e. The lowest BCUT2D eigenvalue weighted by atomic mass is 10.1. The van der Waals surface area contributed by atoms with Crippen LogP contribution in [0.25, 0.3) is 21.5 Å². The highest BCUT2D eigenvalue weighted by atomic mass is 35.5. The maximum atomic E-state index is 6.08. The van der Waals surface area contributed by atoms with Crippen LogP contribution >= 0.6 is 22.9 Å². The third kappa shape index (κ3) is 3.42. The van der Waals surface area contributed by atoms with Gasteiger partial charge in [0.15, 0.2) is 0 Å². The monoisotopic (exact) mass is 383 g/mol. The van der Waals surface area contributed by atoms with E-state index in [4.69, 9.17) is 20.8 Å². The first kappa shape index (κ1) is 16.6. The largest absolute Gasteiger partial charge is 0.496 e. The van der Waals surface area contributed by atoms with Crippen molar-refractivity contribution < 1.29 is 9.15 Å². The Morgan fingerprint density at radius 2 is 2.08 bits per heavy atom. The van der Waals surface area contributed by atoms with Crippen LogP contribution in [0, 0.1) is 0 Å². The highest BCUT2D eigenvalue weighted by molar-refractivity contribution is 7.22. The van der Waals surface area contributed by atoms with Crippen LogP contribution < -0.4 is 10.2 Å². The van der Waals surface area contributed by atoms with Crippen molar-refractivity contribution in [2.24, 2.45) is 5.10 Å². The first-order valence-electron chi connectivity index (χ1n) is 7.81. The highest BCUT2D eigenvalue weighted by Gasteiger charge is 2.10. The number of ether oxygens (including phenoxy) is 1. The van der Waals surface area contributed by atoms with Gasteiger partial charge in [-0.05, 0) is 42.5 Å². The molecule has 4 rings (SSSR count). The Balaban J connectivity index is 1.51. The van der Waals surface area contributed by atoms with Gasteiger partial charge in [0.2, 0.25) is 5.13 Å². The molecule has 0 fully saturated rings. The molecule has 0 aliphatic carbocycles. The van der Waals surface area contributed by atoms with Crippen molar-refractivity contribution in [3.05, 3.63) is 65.4 Å². The van der Waals surface area contributed by atoms with Gasteiger partial charge >= 0.3 is 0 Å². The van der Waals surface area contributed by atoms with E-state index in [0.717, 1.165) is 20.9 Å². The lowest BCUT2D eigenvalue weighted by Gasteiger charge is -2.06. The summed E-state index contributed by atoms with van der Waals surface area (Å²) < 4.78 is 12.3. The maximum Gasteiger partial charge on any atom is 0.204 e. The van der Waals surface area contributed by atoms with Gasteiger partial charge in [-0.15, -0.1) is 0 Å². The molecule has 2 aromatic heterocycles. The molecule has 0 atom stereocenters. The highest BCUT2D eigenvalue weighted by Crippen LogP contribution is 2.33. The molecular weight excluding hydrogens is 370 g/mol. The summed E-state index contributed by atoms with van der Waals surface area (Å²) in [6.45, 7) is 0. The Morgan fingerprint density at radius 3 is 2.92 bits per heavy atom. The smallest absolute Gasteiger partial charge is 0.204 e. The molecule has 7 heteroatoms. The number of para-hydroxylation sites is 1. The number of fused-ring (bicyclic) bond motifs is 1. The average Bonchev–Trinajstić information content (AvgIpc) is 3.28. The predicted molar refractivity (Wildman–Crippen MR) is 107 cm³/mol. The first-order valence-corrected chi connectivity index (χ1v) is 9.01. The Labute approximate surface area is 158 Å². The summed E-state index contributed by atoms with van der Waals surface area (Å²) in [6, 6.07) is 17.0. The van der Waals surface area contributed by atoms with Crippen molar-refractivity contribution in [3.8, 4) is 17.1 Å². The molecule has 2 heterocycles. The molecule has 0 aliphatic rings. The fraction of sp³-hybridized carbons (Fsp3) is 0.0526. The molecule has 0 radical (unpaired) electrons. The van der Waals surface area contributed by atoms with Crippen LogP contribution in [0.5, 0.6) is 5.75 Å². The molecule has 26 heavy (non-hydrogen) atoms. The van der Waals surface area contributed by atoms with Crippen LogP contribution in [-0.2, 0) is 0 Å². The minimum atomic E-state index is 0.607. The second kappa shape index (κ2) is 7.19. The Morgan fingerprint density at radius 1 is 1.19 bits per heavy atom. The molecule has 0 spiro atoms. The number of halogens is 1. The summed E-state index contributed by atoms with van der Waals surface area (Å²) in [6.07, 6.45) is 1.60. The number of aromatic nitrogens is 1. The third-order valence-electron chi connectivity index (χ3n) is 3.70. The van der Waals surface area contributed by atoms with Gasteiger partial charge in [0.05, 0.1) is 29.1 Å². The molecule has 2 aromatic carbocycles. The quantitative estimate of drug-likeness (QED) is 0.356. The number of hydrogen-bond donors (Lipinski definition) is 1. The Kier molecular flexibility index (Phi) is 4.60. The zero-order chi connectivity index (χ0) is 17.9. The summed E-state index contributed by atoms with van der Waals surface area (Å²) in [5.74, 6) is 1.96. The van der Waals surface area contributed by atoms with Gasteiger partial charge in [0.25, 0.3) is 0 Å². The summed E-state index contributed by atoms with van der Waals surface area (Å²) in [7, 11) is 1.61. The number of furan rings is 1. The normalized spacial score (nSPS) is 11.3. The van der Waals surface area contributed by atoms with Gasteiger partial charge in [-0.25, -0.2) is 4.98 Å². The van der Waals surface area contributed by atoms with Crippen LogP contribution in [0.4, 0.5) is 5.13 Å². The number of hydrazone groups is 1. The zero-order valence-corrected chi connectivity index (χ0v) is 15.3. The van der Waals surface area contributed by atoms with E-state index in [0.29, 0.717) is 22.3 Å². The molecule has 0 bridgehead atoms. The van der Waals surface area contributed by atoms with E-state index in [-0.39, 0.29) is 0 Å². The van der Waals surface area contributed by atoms with Gasteiger partial charge in [-0.2, -0.15) is 5.10 Å². The lowest BCUT2D eigenvalue weighted by molar-refractivity contribution is 0.414. The van der Waals surface area contributed by atoms with E-state index in [1.54, 1.807) is 36.8 Å². The van der Waals surface area contributed by atoms with E-state index in [1.165, 1.54) is 0 Å². The summed E-state index contributed by atoms with van der Waals surface area (Å²) in [5.41, 5.74) is 4.67. The first-order chi connectivity index (χ1) is 12.7. The molecule has 4 aromatic rings. The number of rotatable bonds is 5. The summed E-state index contributed by atoms with van der Waals surface area (Å²) >= 11 is 7.62. The molecule has 5 nitrogen and oxygen atoms in total. The number of nitrogens with zero attached hydrogens (tertiary/aromatic N) is 2.